The third-order valence-corrected chi connectivity index (χ3v) is 3.69. The second-order valence-electron chi connectivity index (χ2n) is 5.23. The molecule has 2 aliphatic heterocycles. The van der Waals surface area contributed by atoms with Gasteiger partial charge in [0.2, 0.25) is 0 Å². The molecule has 0 saturated carbocycles. The van der Waals surface area contributed by atoms with E-state index in [1.807, 2.05) is 0 Å². The molecule has 1 aromatic rings. The topological polar surface area (TPSA) is 114 Å². The van der Waals surface area contributed by atoms with Crippen molar-refractivity contribution in [1.82, 2.24) is 4.90 Å². The van der Waals surface area contributed by atoms with Crippen LogP contribution in [0.2, 0.25) is 0 Å². The number of carbonyl (C=O) groups excluding carboxylic acids is 3. The molecule has 2 N–H and O–H groups in total. The molecular formula is C16H16N2O7. The number of imide groups is 1. The van der Waals surface area contributed by atoms with Gasteiger partial charge >= 0.3 is 5.97 Å². The van der Waals surface area contributed by atoms with Crippen molar-refractivity contribution >= 4 is 23.5 Å². The lowest BCUT2D eigenvalue weighted by Gasteiger charge is -2.21. The fourth-order valence-electron chi connectivity index (χ4n) is 2.53. The van der Waals surface area contributed by atoms with Gasteiger partial charge in [-0.05, 0) is 0 Å². The standard InChI is InChI=1S/C16H16N2O7/c1-23-16(22)9-6-12-13(25-5-4-24-12)7-10(9)17-11-8-14(20)18(2-3-19)15(11)21/h6-8,17,19H,2-5H2,1H3. The maximum atomic E-state index is 12.2. The number of aliphatic hydroxyl groups excluding tert-OH is 1. The third-order valence-electron chi connectivity index (χ3n) is 3.69. The smallest absolute Gasteiger partial charge is 0.340 e. The number of ether oxygens (including phenoxy) is 3. The van der Waals surface area contributed by atoms with E-state index in [0.717, 1.165) is 11.0 Å². The van der Waals surface area contributed by atoms with Crippen LogP contribution in [0.5, 0.6) is 11.5 Å². The summed E-state index contributed by atoms with van der Waals surface area (Å²) in [7, 11) is 1.23. The summed E-state index contributed by atoms with van der Waals surface area (Å²) in [6.07, 6.45) is 1.11. The summed E-state index contributed by atoms with van der Waals surface area (Å²) < 4.78 is 15.7. The van der Waals surface area contributed by atoms with E-state index >= 15 is 0 Å². The minimum atomic E-state index is -0.635. The van der Waals surface area contributed by atoms with Gasteiger partial charge in [-0.25, -0.2) is 4.79 Å². The zero-order valence-corrected chi connectivity index (χ0v) is 13.4. The number of benzene rings is 1. The van der Waals surface area contributed by atoms with E-state index in [4.69, 9.17) is 19.3 Å². The Hall–Kier alpha value is -3.07. The van der Waals surface area contributed by atoms with Crippen LogP contribution in [0.4, 0.5) is 5.69 Å². The highest BCUT2D eigenvalue weighted by Gasteiger charge is 2.32. The minimum Gasteiger partial charge on any atom is -0.486 e. The second-order valence-corrected chi connectivity index (χ2v) is 5.23. The van der Waals surface area contributed by atoms with Gasteiger partial charge in [-0.3, -0.25) is 14.5 Å². The molecular weight excluding hydrogens is 332 g/mol. The van der Waals surface area contributed by atoms with Crippen LogP contribution in [-0.2, 0) is 14.3 Å². The molecule has 25 heavy (non-hydrogen) atoms. The molecule has 9 nitrogen and oxygen atoms in total. The maximum absolute atomic E-state index is 12.2. The molecule has 9 heteroatoms. The zero-order chi connectivity index (χ0) is 18.0. The summed E-state index contributed by atoms with van der Waals surface area (Å²) in [4.78, 5) is 37.0. The van der Waals surface area contributed by atoms with Crippen molar-refractivity contribution in [2.45, 2.75) is 0 Å². The van der Waals surface area contributed by atoms with E-state index in [2.05, 4.69) is 5.32 Å². The molecule has 0 saturated heterocycles. The summed E-state index contributed by atoms with van der Waals surface area (Å²) >= 11 is 0. The number of carbonyl (C=O) groups is 3. The molecule has 0 spiro atoms. The van der Waals surface area contributed by atoms with E-state index in [1.54, 1.807) is 0 Å². The minimum absolute atomic E-state index is 0.0136. The average Bonchev–Trinajstić information content (AvgIpc) is 2.88. The van der Waals surface area contributed by atoms with Gasteiger partial charge in [0, 0.05) is 18.2 Å². The lowest BCUT2D eigenvalue weighted by Crippen LogP contribution is -2.34. The molecule has 2 heterocycles. The average molecular weight is 348 g/mol. The SMILES string of the molecule is COC(=O)c1cc2c(cc1NC1=CC(=O)N(CCO)C1=O)OCCO2. The number of esters is 1. The van der Waals surface area contributed by atoms with Crippen LogP contribution in [0.15, 0.2) is 23.9 Å². The molecule has 0 aromatic heterocycles. The maximum Gasteiger partial charge on any atom is 0.340 e. The first kappa shape index (κ1) is 16.8. The van der Waals surface area contributed by atoms with Crippen molar-refractivity contribution < 1.29 is 33.7 Å². The van der Waals surface area contributed by atoms with Crippen LogP contribution < -0.4 is 14.8 Å². The van der Waals surface area contributed by atoms with Gasteiger partial charge < -0.3 is 24.6 Å². The highest BCUT2D eigenvalue weighted by molar-refractivity contribution is 6.17. The molecule has 0 radical (unpaired) electrons. The normalized spacial score (nSPS) is 15.9. The molecule has 132 valence electrons. The van der Waals surface area contributed by atoms with Crippen molar-refractivity contribution in [3.05, 3.63) is 29.5 Å². The third kappa shape index (κ3) is 3.13. The van der Waals surface area contributed by atoms with E-state index in [0.29, 0.717) is 24.7 Å². The Morgan fingerprint density at radius 3 is 2.60 bits per heavy atom. The number of nitrogens with one attached hydrogen (secondary N) is 1. The molecule has 0 atom stereocenters. The molecule has 3 rings (SSSR count). The van der Waals surface area contributed by atoms with E-state index in [1.165, 1.54) is 19.2 Å². The monoisotopic (exact) mass is 348 g/mol. The van der Waals surface area contributed by atoms with Crippen molar-refractivity contribution in [3.63, 3.8) is 0 Å². The van der Waals surface area contributed by atoms with Gasteiger partial charge in [0.25, 0.3) is 11.8 Å². The number of nitrogens with zero attached hydrogens (tertiary/aromatic N) is 1. The lowest BCUT2D eigenvalue weighted by atomic mass is 10.1. The number of methoxy groups -OCH3 is 1. The fourth-order valence-corrected chi connectivity index (χ4v) is 2.53. The second kappa shape index (κ2) is 6.81. The number of hydrogen-bond acceptors (Lipinski definition) is 8. The molecule has 1 aromatic carbocycles. The number of hydrogen-bond donors (Lipinski definition) is 2. The van der Waals surface area contributed by atoms with Crippen LogP contribution in [0.25, 0.3) is 0 Å². The molecule has 0 bridgehead atoms. The number of rotatable bonds is 5. The highest BCUT2D eigenvalue weighted by atomic mass is 16.6. The summed E-state index contributed by atoms with van der Waals surface area (Å²) in [5.74, 6) is -0.972. The summed E-state index contributed by atoms with van der Waals surface area (Å²) in [6, 6.07) is 2.96. The largest absolute Gasteiger partial charge is 0.486 e. The van der Waals surface area contributed by atoms with Gasteiger partial charge in [-0.2, -0.15) is 0 Å². The number of aliphatic hydroxyl groups is 1. The lowest BCUT2D eigenvalue weighted by molar-refractivity contribution is -0.137. The summed E-state index contributed by atoms with van der Waals surface area (Å²) in [5.41, 5.74) is 0.364. The predicted molar refractivity (Wildman–Crippen MR) is 84.3 cm³/mol. The van der Waals surface area contributed by atoms with Crippen molar-refractivity contribution in [1.29, 1.82) is 0 Å². The predicted octanol–water partition coefficient (Wildman–Crippen LogP) is -0.0987. The van der Waals surface area contributed by atoms with Gasteiger partial charge in [-0.15, -0.1) is 0 Å². The number of fused-ring (bicyclic) bond motifs is 1. The Kier molecular flexibility index (Phi) is 4.57. The van der Waals surface area contributed by atoms with E-state index in [9.17, 15) is 14.4 Å². The number of anilines is 1. The summed E-state index contributed by atoms with van der Waals surface area (Å²) in [6.45, 7) is 0.267. The summed E-state index contributed by atoms with van der Waals surface area (Å²) in [5, 5.41) is 11.7. The molecule has 2 aliphatic rings. The van der Waals surface area contributed by atoms with Crippen LogP contribution in [0, 0.1) is 0 Å². The fraction of sp³-hybridized carbons (Fsp3) is 0.312. The molecule has 0 unspecified atom stereocenters. The number of β-amino-alcohol motifs (C(OH)–C–C–N with tert-alkyl or cyclic N) is 1. The first-order chi connectivity index (χ1) is 12.0. The molecule has 2 amide bonds. The Bertz CT molecular complexity index is 772. The van der Waals surface area contributed by atoms with Crippen LogP contribution >= 0.6 is 0 Å². The van der Waals surface area contributed by atoms with Crippen LogP contribution in [0.1, 0.15) is 10.4 Å². The Labute approximate surface area is 142 Å². The van der Waals surface area contributed by atoms with E-state index in [-0.39, 0.29) is 30.1 Å². The quantitative estimate of drug-likeness (QED) is 0.560. The van der Waals surface area contributed by atoms with Gasteiger partial charge in [0.05, 0.1) is 31.5 Å². The first-order valence-electron chi connectivity index (χ1n) is 7.52. The molecule has 0 aliphatic carbocycles. The van der Waals surface area contributed by atoms with E-state index < -0.39 is 17.8 Å². The first-order valence-corrected chi connectivity index (χ1v) is 7.52. The van der Waals surface area contributed by atoms with Gasteiger partial charge in [0.15, 0.2) is 11.5 Å². The van der Waals surface area contributed by atoms with Gasteiger partial charge in [-0.1, -0.05) is 0 Å². The van der Waals surface area contributed by atoms with Crippen molar-refractivity contribution in [2.24, 2.45) is 0 Å². The van der Waals surface area contributed by atoms with Gasteiger partial charge in [0.1, 0.15) is 18.9 Å². The van der Waals surface area contributed by atoms with Crippen molar-refractivity contribution in [2.75, 3.05) is 38.8 Å². The number of amides is 2. The zero-order valence-electron chi connectivity index (χ0n) is 13.4. The van der Waals surface area contributed by atoms with Crippen molar-refractivity contribution in [3.8, 4) is 11.5 Å². The molecule has 0 fully saturated rings. The Morgan fingerprint density at radius 2 is 1.96 bits per heavy atom. The Morgan fingerprint density at radius 1 is 1.28 bits per heavy atom. The highest BCUT2D eigenvalue weighted by Crippen LogP contribution is 2.36. The Balaban J connectivity index is 1.94. The van der Waals surface area contributed by atoms with Crippen LogP contribution in [-0.4, -0.2) is 61.3 Å². The van der Waals surface area contributed by atoms with Crippen LogP contribution in [0.3, 0.4) is 0 Å².